The summed E-state index contributed by atoms with van der Waals surface area (Å²) in [7, 11) is 0. The molecular formula is C21H23FN2O4. The van der Waals surface area contributed by atoms with Gasteiger partial charge in [0.05, 0.1) is 11.5 Å². The molecule has 1 aliphatic heterocycles. The van der Waals surface area contributed by atoms with Gasteiger partial charge in [0.2, 0.25) is 5.91 Å². The highest BCUT2D eigenvalue weighted by Crippen LogP contribution is 2.32. The minimum atomic E-state index is -0.844. The van der Waals surface area contributed by atoms with Crippen molar-refractivity contribution in [1.29, 1.82) is 0 Å². The summed E-state index contributed by atoms with van der Waals surface area (Å²) >= 11 is 0. The molecule has 148 valence electrons. The lowest BCUT2D eigenvalue weighted by Gasteiger charge is -2.34. The molecule has 0 spiro atoms. The third-order valence-electron chi connectivity index (χ3n) is 5.15. The van der Waals surface area contributed by atoms with E-state index in [1.165, 1.54) is 12.1 Å². The van der Waals surface area contributed by atoms with E-state index in [-0.39, 0.29) is 29.9 Å². The summed E-state index contributed by atoms with van der Waals surface area (Å²) in [6, 6.07) is 10.6. The van der Waals surface area contributed by atoms with Crippen LogP contribution in [0.3, 0.4) is 0 Å². The van der Waals surface area contributed by atoms with Crippen LogP contribution < -0.4 is 10.2 Å². The number of rotatable bonds is 3. The molecule has 0 aliphatic carbocycles. The van der Waals surface area contributed by atoms with E-state index in [0.29, 0.717) is 12.3 Å². The summed E-state index contributed by atoms with van der Waals surface area (Å²) in [5.41, 5.74) is 2.51. The Morgan fingerprint density at radius 1 is 1.21 bits per heavy atom. The number of hydrogen-bond donors (Lipinski definition) is 2. The molecule has 6 nitrogen and oxygen atoms in total. The maximum Gasteiger partial charge on any atom is 0.274 e. The largest absolute Gasteiger partial charge is 0.491 e. The number of halogens is 1. The Morgan fingerprint density at radius 2 is 1.89 bits per heavy atom. The van der Waals surface area contributed by atoms with Gasteiger partial charge in [0, 0.05) is 17.7 Å². The number of hydrogen-bond acceptors (Lipinski definition) is 4. The molecule has 7 heteroatoms. The van der Waals surface area contributed by atoms with E-state index in [9.17, 15) is 14.0 Å². The van der Waals surface area contributed by atoms with Gasteiger partial charge in [-0.2, -0.15) is 0 Å². The molecule has 1 atom stereocenters. The molecule has 3 rings (SSSR count). The summed E-state index contributed by atoms with van der Waals surface area (Å²) in [5.74, 6) is -0.572. The van der Waals surface area contributed by atoms with Crippen molar-refractivity contribution in [2.24, 2.45) is 0 Å². The van der Waals surface area contributed by atoms with Crippen molar-refractivity contribution >= 4 is 11.8 Å². The second-order valence-electron chi connectivity index (χ2n) is 7.49. The summed E-state index contributed by atoms with van der Waals surface area (Å²) in [4.78, 5) is 26.7. The highest BCUT2D eigenvalue weighted by Gasteiger charge is 2.37. The first-order valence-corrected chi connectivity index (χ1v) is 9.01. The van der Waals surface area contributed by atoms with E-state index in [1.807, 2.05) is 20.8 Å². The van der Waals surface area contributed by atoms with Gasteiger partial charge in [-0.25, -0.2) is 9.87 Å². The number of nitrogens with zero attached hydrogens (tertiary/aromatic N) is 1. The van der Waals surface area contributed by atoms with E-state index >= 15 is 0 Å². The third kappa shape index (κ3) is 3.71. The Bertz CT molecular complexity index is 896. The van der Waals surface area contributed by atoms with Crippen LogP contribution in [0.15, 0.2) is 42.5 Å². The zero-order chi connectivity index (χ0) is 20.5. The van der Waals surface area contributed by atoms with Gasteiger partial charge in [-0.1, -0.05) is 18.2 Å². The lowest BCUT2D eigenvalue weighted by Crippen LogP contribution is -2.48. The number of hydroxylamine groups is 1. The molecule has 1 heterocycles. The van der Waals surface area contributed by atoms with Crippen molar-refractivity contribution in [3.8, 4) is 5.75 Å². The number of benzene rings is 2. The van der Waals surface area contributed by atoms with Crippen LogP contribution in [0.2, 0.25) is 0 Å². The fourth-order valence-corrected chi connectivity index (χ4v) is 3.29. The molecule has 0 bridgehead atoms. The number of ether oxygens (including phenoxy) is 1. The minimum absolute atomic E-state index is 0.0970. The standard InChI is InChI=1S/C21H23FN2O4/c1-13-12-28-18-10-14(19(25)23-27)4-5-15(18)11-24(13)20(26)21(2,3)16-6-8-17(22)9-7-16/h4-10,13,27H,11-12H2,1-3H3,(H,23,25)/t13-/m0/s1. The molecule has 0 aromatic heterocycles. The van der Waals surface area contributed by atoms with Gasteiger partial charge in [0.1, 0.15) is 18.2 Å². The van der Waals surface area contributed by atoms with Gasteiger partial charge in [0.25, 0.3) is 5.91 Å². The zero-order valence-corrected chi connectivity index (χ0v) is 16.0. The molecule has 2 aromatic rings. The predicted octanol–water partition coefficient (Wildman–Crippen LogP) is 3.03. The van der Waals surface area contributed by atoms with E-state index in [1.54, 1.807) is 40.7 Å². The molecule has 0 unspecified atom stereocenters. The zero-order valence-electron chi connectivity index (χ0n) is 16.0. The van der Waals surface area contributed by atoms with E-state index in [2.05, 4.69) is 0 Å². The van der Waals surface area contributed by atoms with E-state index < -0.39 is 11.3 Å². The first-order valence-electron chi connectivity index (χ1n) is 9.01. The van der Waals surface area contributed by atoms with Crippen molar-refractivity contribution in [2.45, 2.75) is 38.8 Å². The molecule has 2 amide bonds. The topological polar surface area (TPSA) is 78.9 Å². The van der Waals surface area contributed by atoms with Gasteiger partial charge in [-0.05, 0) is 50.6 Å². The van der Waals surface area contributed by atoms with Crippen molar-refractivity contribution in [3.05, 3.63) is 65.0 Å². The predicted molar refractivity (Wildman–Crippen MR) is 101 cm³/mol. The Balaban J connectivity index is 1.90. The number of nitrogens with one attached hydrogen (secondary N) is 1. The highest BCUT2D eigenvalue weighted by atomic mass is 19.1. The maximum absolute atomic E-state index is 13.4. The summed E-state index contributed by atoms with van der Waals surface area (Å²) in [6.07, 6.45) is 0. The van der Waals surface area contributed by atoms with Crippen LogP contribution in [-0.2, 0) is 16.8 Å². The molecule has 2 N–H and O–H groups in total. The molecule has 0 radical (unpaired) electrons. The molecule has 0 fully saturated rings. The van der Waals surface area contributed by atoms with Crippen LogP contribution in [0.25, 0.3) is 0 Å². The summed E-state index contributed by atoms with van der Waals surface area (Å²) in [5, 5.41) is 8.80. The van der Waals surface area contributed by atoms with Crippen LogP contribution in [-0.4, -0.2) is 34.6 Å². The fourth-order valence-electron chi connectivity index (χ4n) is 3.29. The average molecular weight is 386 g/mol. The fraction of sp³-hybridized carbons (Fsp3) is 0.333. The lowest BCUT2D eigenvalue weighted by atomic mass is 9.82. The van der Waals surface area contributed by atoms with Crippen LogP contribution in [0, 0.1) is 5.82 Å². The van der Waals surface area contributed by atoms with Gasteiger partial charge in [0.15, 0.2) is 0 Å². The first-order chi connectivity index (χ1) is 13.2. The van der Waals surface area contributed by atoms with Crippen LogP contribution >= 0.6 is 0 Å². The highest BCUT2D eigenvalue weighted by molar-refractivity contribution is 5.94. The van der Waals surface area contributed by atoms with E-state index in [4.69, 9.17) is 9.94 Å². The second-order valence-corrected chi connectivity index (χ2v) is 7.49. The van der Waals surface area contributed by atoms with Crippen LogP contribution in [0.4, 0.5) is 4.39 Å². The maximum atomic E-state index is 13.4. The van der Waals surface area contributed by atoms with Gasteiger partial charge < -0.3 is 9.64 Å². The van der Waals surface area contributed by atoms with Crippen LogP contribution in [0.5, 0.6) is 5.75 Å². The van der Waals surface area contributed by atoms with Gasteiger partial charge in [-0.3, -0.25) is 14.8 Å². The first kappa shape index (κ1) is 19.8. The Kier molecular flexibility index (Phi) is 5.38. The van der Waals surface area contributed by atoms with Crippen molar-refractivity contribution < 1.29 is 23.9 Å². The Hall–Kier alpha value is -2.93. The second kappa shape index (κ2) is 7.59. The summed E-state index contributed by atoms with van der Waals surface area (Å²) < 4.78 is 19.1. The lowest BCUT2D eigenvalue weighted by molar-refractivity contribution is -0.139. The van der Waals surface area contributed by atoms with Gasteiger partial charge in [-0.15, -0.1) is 0 Å². The normalized spacial score (nSPS) is 16.6. The summed E-state index contributed by atoms with van der Waals surface area (Å²) in [6.45, 7) is 6.11. The van der Waals surface area contributed by atoms with Crippen molar-refractivity contribution in [3.63, 3.8) is 0 Å². The van der Waals surface area contributed by atoms with Crippen molar-refractivity contribution in [1.82, 2.24) is 10.4 Å². The quantitative estimate of drug-likeness (QED) is 0.628. The molecule has 1 aliphatic rings. The number of amides is 2. The van der Waals surface area contributed by atoms with Gasteiger partial charge >= 0.3 is 0 Å². The van der Waals surface area contributed by atoms with Crippen molar-refractivity contribution in [2.75, 3.05) is 6.61 Å². The average Bonchev–Trinajstić information content (AvgIpc) is 2.85. The third-order valence-corrected chi connectivity index (χ3v) is 5.15. The molecule has 0 saturated carbocycles. The molecule has 2 aromatic carbocycles. The molecule has 0 saturated heterocycles. The number of fused-ring (bicyclic) bond motifs is 1. The molecular weight excluding hydrogens is 363 g/mol. The number of carbonyl (C=O) groups excluding carboxylic acids is 2. The van der Waals surface area contributed by atoms with Crippen LogP contribution in [0.1, 0.15) is 42.3 Å². The smallest absolute Gasteiger partial charge is 0.274 e. The SMILES string of the molecule is C[C@H]1COc2cc(C(=O)NO)ccc2CN1C(=O)C(C)(C)c1ccc(F)cc1. The Morgan fingerprint density at radius 3 is 2.54 bits per heavy atom. The monoisotopic (exact) mass is 386 g/mol. The number of carbonyl (C=O) groups is 2. The minimum Gasteiger partial charge on any atom is -0.491 e. The van der Waals surface area contributed by atoms with E-state index in [0.717, 1.165) is 11.1 Å². The Labute approximate surface area is 162 Å². The molecule has 28 heavy (non-hydrogen) atoms.